The van der Waals surface area contributed by atoms with Crippen LogP contribution in [0.3, 0.4) is 0 Å². The van der Waals surface area contributed by atoms with Crippen molar-refractivity contribution >= 4 is 0 Å². The minimum atomic E-state index is 0.781. The smallest absolute Gasteiger partial charge is 0.0184 e. The summed E-state index contributed by atoms with van der Waals surface area (Å²) in [6.45, 7) is 6.09. The molecule has 1 aliphatic carbocycles. The van der Waals surface area contributed by atoms with Crippen molar-refractivity contribution < 1.29 is 0 Å². The maximum absolute atomic E-state index is 2.53. The number of hydrogen-bond donors (Lipinski definition) is 0. The fraction of sp³-hybridized carbons (Fsp3) is 1.00. The van der Waals surface area contributed by atoms with Gasteiger partial charge in [-0.3, -0.25) is 0 Å². The minimum absolute atomic E-state index is 0.781. The Labute approximate surface area is 69.8 Å². The first-order valence-corrected chi connectivity index (χ1v) is 4.86. The first-order chi connectivity index (χ1) is 5.16. The Morgan fingerprint density at radius 2 is 2.00 bits per heavy atom. The minimum Gasteiger partial charge on any atom is -0.302 e. The van der Waals surface area contributed by atoms with Crippen LogP contribution in [-0.2, 0) is 0 Å². The fourth-order valence-corrected chi connectivity index (χ4v) is 3.34. The highest BCUT2D eigenvalue weighted by molar-refractivity contribution is 5.08. The van der Waals surface area contributed by atoms with Crippen LogP contribution in [0.4, 0.5) is 0 Å². The molecule has 0 aromatic heterocycles. The summed E-state index contributed by atoms with van der Waals surface area (Å²) in [7, 11) is 2.27. The van der Waals surface area contributed by atoms with Crippen LogP contribution >= 0.6 is 0 Å². The van der Waals surface area contributed by atoms with Gasteiger partial charge in [0, 0.05) is 12.6 Å². The predicted octanol–water partition coefficient (Wildman–Crippen LogP) is 2.13. The average molecular weight is 153 g/mol. The Morgan fingerprint density at radius 3 is 2.18 bits per heavy atom. The summed E-state index contributed by atoms with van der Waals surface area (Å²) < 4.78 is 0. The molecule has 1 saturated heterocycles. The van der Waals surface area contributed by atoms with Gasteiger partial charge >= 0.3 is 0 Å². The topological polar surface area (TPSA) is 3.24 Å². The van der Waals surface area contributed by atoms with Gasteiger partial charge in [-0.1, -0.05) is 20.3 Å². The van der Waals surface area contributed by atoms with Crippen molar-refractivity contribution in [2.24, 2.45) is 11.3 Å². The van der Waals surface area contributed by atoms with E-state index in [0.29, 0.717) is 0 Å². The second-order valence-corrected chi connectivity index (χ2v) is 4.82. The van der Waals surface area contributed by atoms with Crippen LogP contribution in [0.15, 0.2) is 0 Å². The second-order valence-electron chi connectivity index (χ2n) is 4.82. The van der Waals surface area contributed by atoms with Gasteiger partial charge in [-0.05, 0) is 31.2 Å². The molecule has 0 bridgehead atoms. The molecular weight excluding hydrogens is 134 g/mol. The van der Waals surface area contributed by atoms with Crippen LogP contribution in [0, 0.1) is 11.3 Å². The van der Waals surface area contributed by atoms with Gasteiger partial charge in [-0.15, -0.1) is 0 Å². The van der Waals surface area contributed by atoms with E-state index in [2.05, 4.69) is 25.8 Å². The lowest BCUT2D eigenvalue weighted by Crippen LogP contribution is -2.67. The SMILES string of the molecule is CC(C)[C@@H]1N(C)CC12CCC2. The molecule has 1 spiro atoms. The molecule has 2 aliphatic rings. The Balaban J connectivity index is 2.04. The Bertz CT molecular complexity index is 154. The number of likely N-dealkylation sites (tertiary alicyclic amines) is 1. The summed E-state index contributed by atoms with van der Waals surface area (Å²) in [4.78, 5) is 2.53. The predicted molar refractivity (Wildman–Crippen MR) is 47.5 cm³/mol. The fourth-order valence-electron chi connectivity index (χ4n) is 3.34. The first kappa shape index (κ1) is 7.60. The second kappa shape index (κ2) is 2.22. The molecule has 64 valence electrons. The van der Waals surface area contributed by atoms with Crippen molar-refractivity contribution in [2.75, 3.05) is 13.6 Å². The van der Waals surface area contributed by atoms with Gasteiger partial charge in [0.05, 0.1) is 0 Å². The number of nitrogens with zero attached hydrogens (tertiary/aromatic N) is 1. The van der Waals surface area contributed by atoms with E-state index in [-0.39, 0.29) is 0 Å². The largest absolute Gasteiger partial charge is 0.302 e. The van der Waals surface area contributed by atoms with Gasteiger partial charge < -0.3 is 4.90 Å². The molecule has 0 N–H and O–H groups in total. The van der Waals surface area contributed by atoms with Crippen LogP contribution < -0.4 is 0 Å². The van der Waals surface area contributed by atoms with Crippen LogP contribution in [0.2, 0.25) is 0 Å². The van der Waals surface area contributed by atoms with E-state index in [1.54, 1.807) is 0 Å². The zero-order valence-corrected chi connectivity index (χ0v) is 7.93. The van der Waals surface area contributed by atoms with Crippen molar-refractivity contribution in [3.05, 3.63) is 0 Å². The van der Waals surface area contributed by atoms with Crippen molar-refractivity contribution in [2.45, 2.75) is 39.2 Å². The summed E-state index contributed by atoms with van der Waals surface area (Å²) in [5.74, 6) is 0.856. The average Bonchev–Trinajstić information content (AvgIpc) is 1.75. The normalized spacial score (nSPS) is 35.5. The lowest BCUT2D eigenvalue weighted by Gasteiger charge is -2.63. The molecule has 0 radical (unpaired) electrons. The van der Waals surface area contributed by atoms with E-state index in [9.17, 15) is 0 Å². The Hall–Kier alpha value is -0.0400. The molecule has 1 aliphatic heterocycles. The van der Waals surface area contributed by atoms with Crippen molar-refractivity contribution in [1.29, 1.82) is 0 Å². The molecule has 1 saturated carbocycles. The van der Waals surface area contributed by atoms with Crippen molar-refractivity contribution in [3.63, 3.8) is 0 Å². The standard InChI is InChI=1S/C10H19N/c1-8(2)9-10(5-4-6-10)7-11(9)3/h8-9H,4-7H2,1-3H3/t9-/m0/s1. The molecule has 2 fully saturated rings. The van der Waals surface area contributed by atoms with Gasteiger partial charge in [0.2, 0.25) is 0 Å². The number of hydrogen-bond acceptors (Lipinski definition) is 1. The van der Waals surface area contributed by atoms with Crippen LogP contribution in [0.5, 0.6) is 0 Å². The molecule has 2 rings (SSSR count). The van der Waals surface area contributed by atoms with Gasteiger partial charge in [0.25, 0.3) is 0 Å². The van der Waals surface area contributed by atoms with E-state index >= 15 is 0 Å². The summed E-state index contributed by atoms with van der Waals surface area (Å²) in [5.41, 5.74) is 0.781. The summed E-state index contributed by atoms with van der Waals surface area (Å²) >= 11 is 0. The van der Waals surface area contributed by atoms with E-state index in [1.807, 2.05) is 0 Å². The summed E-state index contributed by atoms with van der Waals surface area (Å²) in [6, 6.07) is 0.899. The molecule has 1 heterocycles. The van der Waals surface area contributed by atoms with Crippen LogP contribution in [-0.4, -0.2) is 24.5 Å². The number of rotatable bonds is 1. The van der Waals surface area contributed by atoms with E-state index in [4.69, 9.17) is 0 Å². The molecule has 11 heavy (non-hydrogen) atoms. The lowest BCUT2D eigenvalue weighted by atomic mass is 9.56. The van der Waals surface area contributed by atoms with E-state index < -0.39 is 0 Å². The molecule has 0 unspecified atom stereocenters. The van der Waals surface area contributed by atoms with Gasteiger partial charge in [0.1, 0.15) is 0 Å². The van der Waals surface area contributed by atoms with Crippen molar-refractivity contribution in [3.8, 4) is 0 Å². The molecule has 0 amide bonds. The monoisotopic (exact) mass is 153 g/mol. The highest BCUT2D eigenvalue weighted by Gasteiger charge is 2.54. The van der Waals surface area contributed by atoms with Gasteiger partial charge in [-0.2, -0.15) is 0 Å². The summed E-state index contributed by atoms with van der Waals surface area (Å²) in [6.07, 6.45) is 4.48. The molecule has 0 aromatic rings. The zero-order chi connectivity index (χ0) is 8.06. The maximum atomic E-state index is 2.53. The molecular formula is C10H19N. The molecule has 1 heteroatoms. The Morgan fingerprint density at radius 1 is 1.36 bits per heavy atom. The van der Waals surface area contributed by atoms with Crippen LogP contribution in [0.1, 0.15) is 33.1 Å². The summed E-state index contributed by atoms with van der Waals surface area (Å²) in [5, 5.41) is 0. The quantitative estimate of drug-likeness (QED) is 0.558. The van der Waals surface area contributed by atoms with E-state index in [1.165, 1.54) is 25.8 Å². The van der Waals surface area contributed by atoms with E-state index in [0.717, 1.165) is 17.4 Å². The maximum Gasteiger partial charge on any atom is 0.0184 e. The lowest BCUT2D eigenvalue weighted by molar-refractivity contribution is -0.130. The third kappa shape index (κ3) is 0.868. The van der Waals surface area contributed by atoms with Gasteiger partial charge in [-0.25, -0.2) is 0 Å². The third-order valence-corrected chi connectivity index (χ3v) is 3.65. The highest BCUT2D eigenvalue weighted by Crippen LogP contribution is 2.54. The molecule has 1 nitrogen and oxygen atoms in total. The van der Waals surface area contributed by atoms with Crippen molar-refractivity contribution in [1.82, 2.24) is 4.90 Å². The molecule has 1 atom stereocenters. The Kier molecular flexibility index (Phi) is 1.54. The highest BCUT2D eigenvalue weighted by atomic mass is 15.2. The molecule has 0 aromatic carbocycles. The van der Waals surface area contributed by atoms with Crippen LogP contribution in [0.25, 0.3) is 0 Å². The van der Waals surface area contributed by atoms with Gasteiger partial charge in [0.15, 0.2) is 0 Å². The first-order valence-electron chi connectivity index (χ1n) is 4.86. The zero-order valence-electron chi connectivity index (χ0n) is 7.93. The third-order valence-electron chi connectivity index (χ3n) is 3.65.